The Balaban J connectivity index is 1.14. The van der Waals surface area contributed by atoms with Crippen molar-refractivity contribution in [2.24, 2.45) is 10.7 Å². The Morgan fingerprint density at radius 2 is 1.37 bits per heavy atom. The van der Waals surface area contributed by atoms with Gasteiger partial charge in [0.1, 0.15) is 23.4 Å². The molecule has 2 N–H and O–H groups in total. The summed E-state index contributed by atoms with van der Waals surface area (Å²) in [6.45, 7) is 8.30. The average Bonchev–Trinajstić information content (AvgIpc) is 3.43. The number of fused-ring (bicyclic) bond motifs is 3. The number of aryl methyl sites for hydroxylation is 1. The number of rotatable bonds is 25. The van der Waals surface area contributed by atoms with E-state index in [0.717, 1.165) is 22.5 Å². The zero-order chi connectivity index (χ0) is 34.7. The predicted octanol–water partition coefficient (Wildman–Crippen LogP) is 3.93. The Kier molecular flexibility index (Phi) is 17.1. The van der Waals surface area contributed by atoms with Crippen LogP contribution in [0.2, 0.25) is 5.02 Å². The van der Waals surface area contributed by atoms with Gasteiger partial charge in [0, 0.05) is 42.1 Å². The van der Waals surface area contributed by atoms with Gasteiger partial charge in [-0.25, -0.2) is 0 Å². The van der Waals surface area contributed by atoms with Gasteiger partial charge in [0.05, 0.1) is 91.2 Å². The van der Waals surface area contributed by atoms with Gasteiger partial charge in [0.2, 0.25) is 0 Å². The third-order valence-corrected chi connectivity index (χ3v) is 7.79. The lowest BCUT2D eigenvalue weighted by atomic mass is 9.99. The van der Waals surface area contributed by atoms with E-state index < -0.39 is 6.04 Å². The van der Waals surface area contributed by atoms with Crippen molar-refractivity contribution >= 4 is 23.1 Å². The quantitative estimate of drug-likeness (QED) is 0.128. The van der Waals surface area contributed by atoms with E-state index in [2.05, 4.69) is 10.2 Å². The first-order chi connectivity index (χ1) is 24.0. The van der Waals surface area contributed by atoms with Crippen LogP contribution in [0.4, 0.5) is 0 Å². The third kappa shape index (κ3) is 12.5. The van der Waals surface area contributed by atoms with E-state index in [-0.39, 0.29) is 12.2 Å². The molecule has 1 aliphatic rings. The number of nitrogens with zero attached hydrogens (tertiary/aromatic N) is 4. The molecule has 4 rings (SSSR count). The molecular weight excluding hydrogens is 654 g/mol. The molecule has 268 valence electrons. The number of nitrogens with two attached hydrogens (primary N) is 1. The molecule has 2 aromatic carbocycles. The minimum absolute atomic E-state index is 0.0707. The lowest BCUT2D eigenvalue weighted by molar-refractivity contribution is -0.119. The number of Topliss-reactive ketones (excluding diaryl/α,β-unsaturated/α-hetero) is 1. The van der Waals surface area contributed by atoms with Gasteiger partial charge >= 0.3 is 0 Å². The molecule has 3 aromatic rings. The minimum atomic E-state index is -0.521. The molecule has 0 aliphatic carbocycles. The van der Waals surface area contributed by atoms with Crippen molar-refractivity contribution in [2.75, 3.05) is 92.9 Å². The van der Waals surface area contributed by atoms with Gasteiger partial charge in [0.15, 0.2) is 5.82 Å². The molecule has 0 saturated carbocycles. The van der Waals surface area contributed by atoms with Crippen LogP contribution in [0.5, 0.6) is 5.75 Å². The highest BCUT2D eigenvalue weighted by molar-refractivity contribution is 6.30. The van der Waals surface area contributed by atoms with Crippen molar-refractivity contribution in [1.29, 1.82) is 0 Å². The standard InChI is InChI=1S/C35H48ClN5O8/c1-26-39-40-35-32(38-34(27-5-7-28(36)8-6-27)31-25-30(43-2)9-10-33(31)41(26)35)24-29(42)4-3-12-44-14-16-46-18-20-48-22-23-49-21-19-47-17-15-45-13-11-37/h5-10,25,32H,3-4,11-24,37H2,1-2H3/t32-/m0/s1. The maximum atomic E-state index is 13.2. The molecule has 13 nitrogen and oxygen atoms in total. The number of benzene rings is 2. The van der Waals surface area contributed by atoms with Gasteiger partial charge in [-0.05, 0) is 43.7 Å². The van der Waals surface area contributed by atoms with E-state index in [0.29, 0.717) is 121 Å². The summed E-state index contributed by atoms with van der Waals surface area (Å²) in [4.78, 5) is 18.3. The number of halogens is 1. The van der Waals surface area contributed by atoms with E-state index >= 15 is 0 Å². The Labute approximate surface area is 293 Å². The van der Waals surface area contributed by atoms with E-state index in [9.17, 15) is 4.79 Å². The van der Waals surface area contributed by atoms with E-state index in [1.54, 1.807) is 7.11 Å². The molecule has 0 spiro atoms. The Bertz CT molecular complexity index is 1450. The number of ketones is 1. The molecule has 0 radical (unpaired) electrons. The second-order valence-electron chi connectivity index (χ2n) is 11.1. The monoisotopic (exact) mass is 701 g/mol. The van der Waals surface area contributed by atoms with Crippen molar-refractivity contribution in [3.8, 4) is 11.4 Å². The van der Waals surface area contributed by atoms with Crippen LogP contribution in [0.25, 0.3) is 5.69 Å². The summed E-state index contributed by atoms with van der Waals surface area (Å²) in [5.74, 6) is 2.10. The van der Waals surface area contributed by atoms with Crippen molar-refractivity contribution < 1.29 is 38.0 Å². The Morgan fingerprint density at radius 1 is 0.796 bits per heavy atom. The van der Waals surface area contributed by atoms with Gasteiger partial charge in [-0.15, -0.1) is 10.2 Å². The first-order valence-corrected chi connectivity index (χ1v) is 17.0. The number of aliphatic imine (C=N–C) groups is 1. The molecule has 14 heteroatoms. The summed E-state index contributed by atoms with van der Waals surface area (Å²) < 4.78 is 40.3. The second kappa shape index (κ2) is 21.7. The first-order valence-electron chi connectivity index (χ1n) is 16.6. The molecule has 0 saturated heterocycles. The molecule has 0 amide bonds. The molecular formula is C35H48ClN5O8. The molecule has 0 unspecified atom stereocenters. The van der Waals surface area contributed by atoms with Crippen LogP contribution < -0.4 is 10.5 Å². The fraction of sp³-hybridized carbons (Fsp3) is 0.543. The van der Waals surface area contributed by atoms with Crippen LogP contribution in [0.15, 0.2) is 47.5 Å². The highest BCUT2D eigenvalue weighted by Crippen LogP contribution is 2.34. The third-order valence-electron chi connectivity index (χ3n) is 7.54. The minimum Gasteiger partial charge on any atom is -0.497 e. The maximum absolute atomic E-state index is 13.2. The zero-order valence-corrected chi connectivity index (χ0v) is 29.2. The van der Waals surface area contributed by atoms with Crippen molar-refractivity contribution in [2.45, 2.75) is 32.2 Å². The Hall–Kier alpha value is -3.27. The predicted molar refractivity (Wildman–Crippen MR) is 185 cm³/mol. The highest BCUT2D eigenvalue weighted by atomic mass is 35.5. The summed E-state index contributed by atoms with van der Waals surface area (Å²) in [7, 11) is 1.63. The topological polar surface area (TPSA) is 151 Å². The Morgan fingerprint density at radius 3 is 1.94 bits per heavy atom. The first kappa shape index (κ1) is 38.5. The number of hydrogen-bond donors (Lipinski definition) is 1. The molecule has 0 bridgehead atoms. The lowest BCUT2D eigenvalue weighted by Gasteiger charge is -2.14. The van der Waals surface area contributed by atoms with Crippen LogP contribution in [-0.2, 0) is 33.2 Å². The van der Waals surface area contributed by atoms with Gasteiger partial charge in [-0.2, -0.15) is 0 Å². The molecule has 2 heterocycles. The smallest absolute Gasteiger partial charge is 0.162 e. The summed E-state index contributed by atoms with van der Waals surface area (Å²) in [6, 6.07) is 12.8. The van der Waals surface area contributed by atoms with Crippen molar-refractivity contribution in [3.05, 3.63) is 70.3 Å². The van der Waals surface area contributed by atoms with Crippen LogP contribution in [0, 0.1) is 6.92 Å². The summed E-state index contributed by atoms with van der Waals surface area (Å²) in [5.41, 5.74) is 8.69. The number of carbonyl (C=O) groups is 1. The number of carbonyl (C=O) groups excluding carboxylic acids is 1. The number of hydrogen-bond acceptors (Lipinski definition) is 12. The lowest BCUT2D eigenvalue weighted by Crippen LogP contribution is -2.15. The van der Waals surface area contributed by atoms with Crippen molar-refractivity contribution in [3.63, 3.8) is 0 Å². The van der Waals surface area contributed by atoms with E-state index in [4.69, 9.17) is 55.5 Å². The fourth-order valence-electron chi connectivity index (χ4n) is 5.15. The average molecular weight is 702 g/mol. The van der Waals surface area contributed by atoms with Gasteiger partial charge in [-0.1, -0.05) is 23.7 Å². The van der Waals surface area contributed by atoms with Crippen LogP contribution >= 0.6 is 11.6 Å². The van der Waals surface area contributed by atoms with E-state index in [1.807, 2.05) is 54.0 Å². The van der Waals surface area contributed by atoms with Gasteiger partial charge in [0.25, 0.3) is 0 Å². The van der Waals surface area contributed by atoms with E-state index in [1.165, 1.54) is 0 Å². The molecule has 0 fully saturated rings. The largest absolute Gasteiger partial charge is 0.497 e. The molecule has 49 heavy (non-hydrogen) atoms. The summed E-state index contributed by atoms with van der Waals surface area (Å²) >= 11 is 6.19. The number of ether oxygens (including phenoxy) is 7. The zero-order valence-electron chi connectivity index (χ0n) is 28.4. The number of aromatic nitrogens is 3. The number of methoxy groups -OCH3 is 1. The normalized spacial score (nSPS) is 13.9. The fourth-order valence-corrected chi connectivity index (χ4v) is 5.28. The van der Waals surface area contributed by atoms with Crippen molar-refractivity contribution in [1.82, 2.24) is 14.8 Å². The molecule has 1 atom stereocenters. The van der Waals surface area contributed by atoms with Crippen LogP contribution in [0.3, 0.4) is 0 Å². The second-order valence-corrected chi connectivity index (χ2v) is 11.6. The highest BCUT2D eigenvalue weighted by Gasteiger charge is 2.30. The van der Waals surface area contributed by atoms with Crippen LogP contribution in [-0.4, -0.2) is 119 Å². The van der Waals surface area contributed by atoms with Gasteiger partial charge in [-0.3, -0.25) is 14.4 Å². The molecule has 1 aliphatic heterocycles. The maximum Gasteiger partial charge on any atom is 0.162 e. The van der Waals surface area contributed by atoms with Crippen LogP contribution in [0.1, 0.15) is 48.1 Å². The SMILES string of the molecule is COc1ccc2c(c1)C(c1ccc(Cl)cc1)=N[C@@H](CC(=O)CCCOCCOCCOCCOCCOCCOCCN)c1nnc(C)n1-2. The summed E-state index contributed by atoms with van der Waals surface area (Å²) in [6.07, 6.45) is 1.15. The van der Waals surface area contributed by atoms with Gasteiger partial charge < -0.3 is 38.9 Å². The molecule has 1 aromatic heterocycles. The summed E-state index contributed by atoms with van der Waals surface area (Å²) in [5, 5.41) is 9.42.